The minimum absolute atomic E-state index is 0.0376. The first kappa shape index (κ1) is 103. The Kier molecular flexibility index (Phi) is 40.2. The van der Waals surface area contributed by atoms with Gasteiger partial charge in [0, 0.05) is 99.0 Å². The third-order valence-electron chi connectivity index (χ3n) is 22.0. The Bertz CT molecular complexity index is 5160. The number of carbonyl (C=O) groups is 17. The Morgan fingerprint density at radius 3 is 1.87 bits per heavy atom. The van der Waals surface area contributed by atoms with Crippen LogP contribution in [0, 0.1) is 5.41 Å². The molecular weight excluding hydrogens is 1740 g/mol. The number of imidazole rings is 1. The quantitative estimate of drug-likeness (QED) is 0.00743. The van der Waals surface area contributed by atoms with E-state index in [-0.39, 0.29) is 88.8 Å². The normalized spacial score (nSPS) is 19.2. The maximum Gasteiger partial charge on any atom is 0.245 e. The van der Waals surface area contributed by atoms with Gasteiger partial charge in [-0.25, -0.2) is 13.4 Å². The van der Waals surface area contributed by atoms with E-state index in [4.69, 9.17) is 22.6 Å². The number of aliphatic hydroxyl groups is 3. The molecule has 45 heteroatoms. The lowest BCUT2D eigenvalue weighted by molar-refractivity contribution is -0.143. The molecule has 2 aliphatic rings. The van der Waals surface area contributed by atoms with Gasteiger partial charge in [0.25, 0.3) is 0 Å². The summed E-state index contributed by atoms with van der Waals surface area (Å²) in [5.41, 5.74) is 20.0. The van der Waals surface area contributed by atoms with Crippen molar-refractivity contribution in [2.75, 3.05) is 45.1 Å². The number of primary amides is 2. The number of carbonyl (C=O) groups excluding carboxylic acids is 17. The Morgan fingerprint density at radius 1 is 0.614 bits per heavy atom. The summed E-state index contributed by atoms with van der Waals surface area (Å²) >= 11 is 0. The maximum atomic E-state index is 15.3. The molecular formula is C87H116N22O22S. The molecule has 0 bridgehead atoms. The number of benzene rings is 4. The van der Waals surface area contributed by atoms with Crippen LogP contribution in [0.4, 0.5) is 0 Å². The number of nitrogens with two attached hydrogens (primary N) is 3. The number of amides is 16. The molecule has 2 fully saturated rings. The van der Waals surface area contributed by atoms with Crippen molar-refractivity contribution in [2.45, 2.75) is 208 Å². The molecule has 4 aromatic carbocycles. The first-order valence-electron chi connectivity index (χ1n) is 43.3. The summed E-state index contributed by atoms with van der Waals surface area (Å²) in [6.07, 6.45) is -0.810. The van der Waals surface area contributed by atoms with Crippen molar-refractivity contribution < 1.29 is 105 Å². The van der Waals surface area contributed by atoms with E-state index in [9.17, 15) is 95.7 Å². The average Bonchev–Trinajstić information content (AvgIpc) is 1.62. The van der Waals surface area contributed by atoms with Crippen LogP contribution in [0.5, 0.6) is 0 Å². The summed E-state index contributed by atoms with van der Waals surface area (Å²) in [6, 6.07) is 11.9. The molecule has 0 spiro atoms. The minimum atomic E-state index is -4.30. The van der Waals surface area contributed by atoms with Crippen LogP contribution in [0.1, 0.15) is 154 Å². The lowest BCUT2D eigenvalue weighted by Crippen LogP contribution is -2.61. The molecule has 13 atom stereocenters. The van der Waals surface area contributed by atoms with Crippen molar-refractivity contribution in [2.24, 2.45) is 17.2 Å². The van der Waals surface area contributed by atoms with Crippen molar-refractivity contribution in [1.29, 1.82) is 5.41 Å². The second-order valence-corrected chi connectivity index (χ2v) is 33.9. The predicted octanol–water partition coefficient (Wildman–Crippen LogP) is -4.63. The monoisotopic (exact) mass is 1850 g/mol. The second-order valence-electron chi connectivity index (χ2n) is 32.1. The van der Waals surface area contributed by atoms with Gasteiger partial charge in [-0.2, -0.15) is 0 Å². The van der Waals surface area contributed by atoms with Crippen LogP contribution in [0.15, 0.2) is 128 Å². The number of hydrogen-bond donors (Lipinski definition) is 23. The summed E-state index contributed by atoms with van der Waals surface area (Å²) in [6.45, 7) is -0.480. The molecule has 2 saturated heterocycles. The molecule has 16 amide bonds. The molecule has 1 unspecified atom stereocenters. The highest BCUT2D eigenvalue weighted by molar-refractivity contribution is 7.90. The largest absolute Gasteiger partial charge is 0.394 e. The van der Waals surface area contributed by atoms with E-state index in [2.05, 4.69) is 84.1 Å². The molecule has 4 heterocycles. The van der Waals surface area contributed by atoms with Crippen LogP contribution in [-0.4, -0.2) is 268 Å². The Labute approximate surface area is 759 Å². The molecule has 8 rings (SSSR count). The molecule has 2 aliphatic heterocycles. The number of H-pyrrole nitrogens is 2. The molecule has 6 aromatic rings. The van der Waals surface area contributed by atoms with Gasteiger partial charge in [-0.05, 0) is 87.5 Å². The predicted molar refractivity (Wildman–Crippen MR) is 475 cm³/mol. The van der Waals surface area contributed by atoms with Crippen LogP contribution >= 0.6 is 0 Å². The Balaban J connectivity index is 0.939. The smallest absolute Gasteiger partial charge is 0.245 e. The first-order chi connectivity index (χ1) is 63.0. The lowest BCUT2D eigenvalue weighted by atomic mass is 9.97. The number of para-hydroxylation sites is 1. The fourth-order valence-corrected chi connectivity index (χ4v) is 15.8. The van der Waals surface area contributed by atoms with Gasteiger partial charge in [0.1, 0.15) is 66.5 Å². The van der Waals surface area contributed by atoms with E-state index >= 15 is 9.59 Å². The van der Waals surface area contributed by atoms with Crippen molar-refractivity contribution in [3.8, 4) is 0 Å². The lowest BCUT2D eigenvalue weighted by Gasteiger charge is -2.31. The van der Waals surface area contributed by atoms with Gasteiger partial charge in [0.15, 0.2) is 11.7 Å². The fourth-order valence-electron chi connectivity index (χ4n) is 14.6. The molecule has 712 valence electrons. The van der Waals surface area contributed by atoms with E-state index in [0.29, 0.717) is 45.1 Å². The van der Waals surface area contributed by atoms with E-state index in [1.165, 1.54) is 43.7 Å². The number of aromatic nitrogens is 3. The summed E-state index contributed by atoms with van der Waals surface area (Å²) in [7, 11) is -4.30. The first-order valence-corrected chi connectivity index (χ1v) is 44.9. The standard InChI is InChI=1S/C87H116N22O22S/c1-3-4-22-60(101-84(127)68(47-111)107-82(125)66(40-55-43-92-48-97-55)105-79(122)62(31-33-70(88)113)102-83(126)67(46-110)98-73(116)44-96-71(114)26-16-37-132(130,131)108-76(119)49(2)51-27-29-53(30-28-51)74(117)52-19-9-6-10-20-52)77(120)103-63-32-34-72(115)93-35-14-13-24-59(75(89)118)99-81(124)65(39-54-42-95-58-23-12-11-21-57(54)58)104-78(121)61(25-15-36-94-87(90)91)100-80(123)64(38-50-17-7-5-8-18-50)106-85(128)69-41-56(112)45-109(69)86(63)129/h5-12,17-21,23,27-30,42-43,48-49,56,59-69,95,110-112H,3-4,13-16,22,24-26,31-41,44-47H2,1-2H3,(H2,88,113)(H2,89,118)(H,92,97)(H,93,115)(H,96,114)(H,98,116)(H,99,124)(H,100,123)(H,101,127)(H,102,126)(H,103,120)(H,104,121)(H,105,122)(H,106,128)(H,107,125)(H,108,119)(H4,90,91,94)/t49?,56-,59+,60+,61+,62+,63+,64-,65+,66+,67+,68+,69+/m1/s1. The fraction of sp³-hybridized carbons (Fsp3) is 0.460. The molecule has 2 aromatic heterocycles. The third-order valence-corrected chi connectivity index (χ3v) is 23.3. The van der Waals surface area contributed by atoms with Crippen LogP contribution in [-0.2, 0) is 106 Å². The molecule has 26 N–H and O–H groups in total. The van der Waals surface area contributed by atoms with Gasteiger partial charge >= 0.3 is 0 Å². The second kappa shape index (κ2) is 51.3. The van der Waals surface area contributed by atoms with E-state index in [1.54, 1.807) is 98.0 Å². The number of fused-ring (bicyclic) bond motifs is 2. The highest BCUT2D eigenvalue weighted by Gasteiger charge is 2.44. The third kappa shape index (κ3) is 32.5. The van der Waals surface area contributed by atoms with Crippen molar-refractivity contribution >= 4 is 127 Å². The Hall–Kier alpha value is -14.1. The number of unbranched alkanes of at least 4 members (excludes halogenated alkanes) is 1. The van der Waals surface area contributed by atoms with Crippen LogP contribution in [0.3, 0.4) is 0 Å². The summed E-state index contributed by atoms with van der Waals surface area (Å²) in [4.78, 5) is 249. The summed E-state index contributed by atoms with van der Waals surface area (Å²) < 4.78 is 27.8. The molecule has 44 nitrogen and oxygen atoms in total. The van der Waals surface area contributed by atoms with Crippen LogP contribution in [0.25, 0.3) is 10.9 Å². The minimum Gasteiger partial charge on any atom is -0.394 e. The molecule has 0 radical (unpaired) electrons. The van der Waals surface area contributed by atoms with Crippen molar-refractivity contribution in [1.82, 2.24) is 93.7 Å². The van der Waals surface area contributed by atoms with Crippen LogP contribution in [0.2, 0.25) is 0 Å². The number of nitrogens with zero attached hydrogens (tertiary/aromatic N) is 2. The zero-order valence-corrected chi connectivity index (χ0v) is 73.8. The SMILES string of the molecule is CCCC[C@H](NC(=O)[C@H](CO)NC(=O)[C@H](Cc1c[nH]cn1)NC(=O)[C@H](CCC(N)=O)NC(=O)[C@H](CO)NC(=O)CNC(=O)CCCS(=O)(=O)NC(=O)C(C)c1ccc(C(=O)c2ccccc2)cc1)C(=O)N[C@H]1CCC(=O)NCCCC[C@@H](C(N)=O)NC(=O)[C@H](Cc2c[nH]c3ccccc23)NC(=O)[C@H](CCCNC(=N)N)NC(=O)[C@@H](Cc2ccccc2)NC(=O)[C@@H]2C[C@@H](O)CN2C1=O. The number of nitrogens with one attached hydrogen (secondary N) is 17. The summed E-state index contributed by atoms with van der Waals surface area (Å²) in [5.74, 6) is -18.3. The van der Waals surface area contributed by atoms with Crippen molar-refractivity contribution in [3.63, 3.8) is 0 Å². The summed E-state index contributed by atoms with van der Waals surface area (Å²) in [5, 5.41) is 73.7. The van der Waals surface area contributed by atoms with E-state index in [1.807, 2.05) is 4.72 Å². The zero-order chi connectivity index (χ0) is 96.1. The number of rotatable bonds is 41. The van der Waals surface area contributed by atoms with Gasteiger partial charge in [-0.1, -0.05) is 123 Å². The number of ketones is 1. The van der Waals surface area contributed by atoms with Gasteiger partial charge in [0.2, 0.25) is 105 Å². The van der Waals surface area contributed by atoms with E-state index in [0.717, 1.165) is 4.90 Å². The zero-order valence-electron chi connectivity index (χ0n) is 72.9. The number of aliphatic hydroxyl groups excluding tert-OH is 3. The number of aromatic amines is 2. The van der Waals surface area contributed by atoms with E-state index < -0.39 is 266 Å². The number of guanidine groups is 1. The molecule has 0 saturated carbocycles. The highest BCUT2D eigenvalue weighted by atomic mass is 32.2. The molecule has 0 aliphatic carbocycles. The van der Waals surface area contributed by atoms with Gasteiger partial charge < -0.3 is 117 Å². The van der Waals surface area contributed by atoms with Crippen molar-refractivity contribution in [3.05, 3.63) is 161 Å². The number of sulfonamides is 1. The van der Waals surface area contributed by atoms with Gasteiger partial charge in [-0.3, -0.25) is 91.6 Å². The van der Waals surface area contributed by atoms with Gasteiger partial charge in [0.05, 0.1) is 49.6 Å². The topological polar surface area (TPSA) is 703 Å². The van der Waals surface area contributed by atoms with Crippen LogP contribution < -0.4 is 91.0 Å². The molecule has 132 heavy (non-hydrogen) atoms. The van der Waals surface area contributed by atoms with Gasteiger partial charge in [-0.15, -0.1) is 0 Å². The maximum absolute atomic E-state index is 15.3. The average molecular weight is 1850 g/mol. The Morgan fingerprint density at radius 2 is 1.21 bits per heavy atom. The number of hydrogen-bond acceptors (Lipinski definition) is 24. The highest BCUT2D eigenvalue weighted by Crippen LogP contribution is 2.25.